The first-order valence-electron chi connectivity index (χ1n) is 8.31. The number of carbonyl (C=O) groups excluding carboxylic acids is 1. The first kappa shape index (κ1) is 17.0. The minimum Gasteiger partial charge on any atom is -0.493 e. The van der Waals surface area contributed by atoms with Gasteiger partial charge in [0.25, 0.3) is 5.91 Å². The Kier molecular flexibility index (Phi) is 5.02. The van der Waals surface area contributed by atoms with Crippen molar-refractivity contribution in [2.24, 2.45) is 5.92 Å². The number of hydrogen-bond donors (Lipinski definition) is 2. The van der Waals surface area contributed by atoms with E-state index in [1.54, 1.807) is 10.9 Å². The van der Waals surface area contributed by atoms with Crippen LogP contribution in [0.1, 0.15) is 36.2 Å². The van der Waals surface area contributed by atoms with Gasteiger partial charge in [-0.3, -0.25) is 9.59 Å². The van der Waals surface area contributed by atoms with Crippen LogP contribution >= 0.6 is 0 Å². The van der Waals surface area contributed by atoms with Crippen molar-refractivity contribution >= 4 is 11.9 Å². The summed E-state index contributed by atoms with van der Waals surface area (Å²) in [4.78, 5) is 23.8. The lowest BCUT2D eigenvalue weighted by Gasteiger charge is -2.27. The summed E-state index contributed by atoms with van der Waals surface area (Å²) < 4.78 is 6.87. The molecule has 1 fully saturated rings. The highest BCUT2D eigenvalue weighted by Gasteiger charge is 2.29. The van der Waals surface area contributed by atoms with Crippen LogP contribution in [0, 0.1) is 5.92 Å². The largest absolute Gasteiger partial charge is 0.493 e. The maximum absolute atomic E-state index is 12.6. The molecule has 0 bridgehead atoms. The van der Waals surface area contributed by atoms with Gasteiger partial charge in [0.15, 0.2) is 11.4 Å². The first-order chi connectivity index (χ1) is 12.1. The Labute approximate surface area is 145 Å². The second kappa shape index (κ2) is 7.38. The number of aliphatic carboxylic acids is 1. The zero-order valence-electron chi connectivity index (χ0n) is 14.0. The summed E-state index contributed by atoms with van der Waals surface area (Å²) in [6.07, 6.45) is 4.33. The Morgan fingerprint density at radius 3 is 2.72 bits per heavy atom. The Hall–Kier alpha value is -2.83. The van der Waals surface area contributed by atoms with Gasteiger partial charge in [-0.25, -0.2) is 4.68 Å². The van der Waals surface area contributed by atoms with Gasteiger partial charge in [0, 0.05) is 6.04 Å². The van der Waals surface area contributed by atoms with Gasteiger partial charge in [-0.15, -0.1) is 0 Å². The van der Waals surface area contributed by atoms with E-state index in [0.29, 0.717) is 18.6 Å². The Morgan fingerprint density at radius 2 is 2.04 bits per heavy atom. The van der Waals surface area contributed by atoms with Crippen molar-refractivity contribution in [3.8, 4) is 11.4 Å². The predicted octanol–water partition coefficient (Wildman–Crippen LogP) is 2.25. The molecule has 0 radical (unpaired) electrons. The summed E-state index contributed by atoms with van der Waals surface area (Å²) in [5, 5.41) is 16.4. The number of nitrogens with zero attached hydrogens (tertiary/aromatic N) is 2. The molecule has 1 heterocycles. The van der Waals surface area contributed by atoms with Crippen LogP contribution in [0.4, 0.5) is 0 Å². The van der Waals surface area contributed by atoms with Crippen LogP contribution in [-0.2, 0) is 4.79 Å². The molecule has 1 aromatic heterocycles. The highest BCUT2D eigenvalue weighted by molar-refractivity contribution is 5.95. The molecule has 0 spiro atoms. The molecule has 2 unspecified atom stereocenters. The number of para-hydroxylation sites is 1. The molecule has 3 rings (SSSR count). The van der Waals surface area contributed by atoms with Crippen LogP contribution in [0.2, 0.25) is 0 Å². The van der Waals surface area contributed by atoms with Crippen LogP contribution in [0.25, 0.3) is 5.69 Å². The molecule has 1 aliphatic rings. The van der Waals surface area contributed by atoms with Crippen LogP contribution in [-0.4, -0.2) is 39.9 Å². The Bertz CT molecular complexity index is 757. The first-order valence-corrected chi connectivity index (χ1v) is 8.31. The van der Waals surface area contributed by atoms with Crippen molar-refractivity contribution in [1.82, 2.24) is 15.1 Å². The molecule has 132 valence electrons. The van der Waals surface area contributed by atoms with E-state index in [4.69, 9.17) is 4.74 Å². The fourth-order valence-electron chi connectivity index (χ4n) is 3.18. The number of carbonyl (C=O) groups is 2. The van der Waals surface area contributed by atoms with Crippen molar-refractivity contribution in [2.45, 2.75) is 31.7 Å². The summed E-state index contributed by atoms with van der Waals surface area (Å²) in [6, 6.07) is 9.28. The van der Waals surface area contributed by atoms with Gasteiger partial charge in [0.2, 0.25) is 0 Å². The van der Waals surface area contributed by atoms with E-state index in [2.05, 4.69) is 10.4 Å². The van der Waals surface area contributed by atoms with Crippen LogP contribution in [0.5, 0.6) is 5.75 Å². The standard InChI is InChI=1S/C18H21N3O4/c1-25-15-11-21(14-8-3-2-4-9-14)20-16(15)17(22)19-13-7-5-6-12(10-13)18(23)24/h2-4,8-9,11-13H,5-7,10H2,1H3,(H,19,22)(H,23,24). The van der Waals surface area contributed by atoms with Gasteiger partial charge >= 0.3 is 5.97 Å². The number of benzene rings is 1. The molecule has 1 aromatic carbocycles. The number of carboxylic acid groups (broad SMARTS) is 1. The van der Waals surface area contributed by atoms with E-state index < -0.39 is 11.9 Å². The lowest BCUT2D eigenvalue weighted by molar-refractivity contribution is -0.143. The van der Waals surface area contributed by atoms with Gasteiger partial charge in [0.05, 0.1) is 24.9 Å². The predicted molar refractivity (Wildman–Crippen MR) is 91.0 cm³/mol. The van der Waals surface area contributed by atoms with Crippen LogP contribution in [0.3, 0.4) is 0 Å². The quantitative estimate of drug-likeness (QED) is 0.868. The summed E-state index contributed by atoms with van der Waals surface area (Å²) in [5.41, 5.74) is 1.02. The Morgan fingerprint density at radius 1 is 1.28 bits per heavy atom. The van der Waals surface area contributed by atoms with Crippen molar-refractivity contribution < 1.29 is 19.4 Å². The Balaban J connectivity index is 1.75. The van der Waals surface area contributed by atoms with Gasteiger partial charge in [-0.05, 0) is 31.4 Å². The van der Waals surface area contributed by atoms with Crippen molar-refractivity contribution in [2.75, 3.05) is 7.11 Å². The normalized spacial score (nSPS) is 20.0. The third-order valence-electron chi connectivity index (χ3n) is 4.50. The smallest absolute Gasteiger partial charge is 0.306 e. The number of hydrogen-bond acceptors (Lipinski definition) is 4. The topological polar surface area (TPSA) is 93.5 Å². The number of nitrogens with one attached hydrogen (secondary N) is 1. The number of ether oxygens (including phenoxy) is 1. The SMILES string of the molecule is COc1cn(-c2ccccc2)nc1C(=O)NC1CCCC(C(=O)O)C1. The summed E-state index contributed by atoms with van der Waals surface area (Å²) in [6.45, 7) is 0. The molecule has 2 atom stereocenters. The fourth-order valence-corrected chi connectivity index (χ4v) is 3.18. The van der Waals surface area contributed by atoms with E-state index >= 15 is 0 Å². The maximum atomic E-state index is 12.6. The molecule has 7 heteroatoms. The fraction of sp³-hybridized carbons (Fsp3) is 0.389. The van der Waals surface area contributed by atoms with Crippen molar-refractivity contribution in [3.05, 3.63) is 42.2 Å². The number of aromatic nitrogens is 2. The molecule has 1 aliphatic carbocycles. The third kappa shape index (κ3) is 3.81. The molecule has 0 aliphatic heterocycles. The van der Waals surface area contributed by atoms with Gasteiger partial charge in [-0.1, -0.05) is 24.6 Å². The average Bonchev–Trinajstić information content (AvgIpc) is 3.07. The minimum atomic E-state index is -0.801. The molecule has 2 aromatic rings. The highest BCUT2D eigenvalue weighted by atomic mass is 16.5. The number of amides is 1. The third-order valence-corrected chi connectivity index (χ3v) is 4.50. The lowest BCUT2D eigenvalue weighted by atomic mass is 9.86. The molecule has 7 nitrogen and oxygen atoms in total. The van der Waals surface area contributed by atoms with E-state index in [1.807, 2.05) is 30.3 Å². The zero-order valence-corrected chi connectivity index (χ0v) is 14.0. The average molecular weight is 343 g/mol. The van der Waals surface area contributed by atoms with Gasteiger partial charge < -0.3 is 15.2 Å². The minimum absolute atomic E-state index is 0.158. The van der Waals surface area contributed by atoms with Gasteiger partial charge in [0.1, 0.15) is 0 Å². The second-order valence-corrected chi connectivity index (χ2v) is 6.20. The number of carboxylic acids is 1. The molecule has 2 N–H and O–H groups in total. The van der Waals surface area contributed by atoms with Crippen molar-refractivity contribution in [1.29, 1.82) is 0 Å². The maximum Gasteiger partial charge on any atom is 0.306 e. The monoisotopic (exact) mass is 343 g/mol. The molecule has 1 saturated carbocycles. The summed E-state index contributed by atoms with van der Waals surface area (Å²) >= 11 is 0. The molecule has 1 amide bonds. The number of methoxy groups -OCH3 is 1. The second-order valence-electron chi connectivity index (χ2n) is 6.20. The molecule has 25 heavy (non-hydrogen) atoms. The lowest BCUT2D eigenvalue weighted by Crippen LogP contribution is -2.40. The van der Waals surface area contributed by atoms with E-state index in [-0.39, 0.29) is 17.6 Å². The van der Waals surface area contributed by atoms with Crippen LogP contribution in [0.15, 0.2) is 36.5 Å². The van der Waals surface area contributed by atoms with E-state index in [9.17, 15) is 14.7 Å². The molecular weight excluding hydrogens is 322 g/mol. The summed E-state index contributed by atoms with van der Waals surface area (Å²) in [5.74, 6) is -1.16. The van der Waals surface area contributed by atoms with E-state index in [1.165, 1.54) is 7.11 Å². The molecule has 0 saturated heterocycles. The van der Waals surface area contributed by atoms with Gasteiger partial charge in [-0.2, -0.15) is 5.10 Å². The van der Waals surface area contributed by atoms with E-state index in [0.717, 1.165) is 18.5 Å². The number of rotatable bonds is 5. The summed E-state index contributed by atoms with van der Waals surface area (Å²) in [7, 11) is 1.49. The van der Waals surface area contributed by atoms with Crippen molar-refractivity contribution in [3.63, 3.8) is 0 Å². The highest BCUT2D eigenvalue weighted by Crippen LogP contribution is 2.25. The van der Waals surface area contributed by atoms with Crippen LogP contribution < -0.4 is 10.1 Å². The zero-order chi connectivity index (χ0) is 17.8. The molecular formula is C18H21N3O4.